The number of hydrogen-bond donors (Lipinski definition) is 2. The molecule has 78 valence electrons. The molecule has 4 nitrogen and oxygen atoms in total. The molecule has 0 fully saturated rings. The minimum atomic E-state index is -1.10. The summed E-state index contributed by atoms with van der Waals surface area (Å²) >= 11 is 0. The molecule has 0 aliphatic heterocycles. The van der Waals surface area contributed by atoms with Crippen molar-refractivity contribution in [2.24, 2.45) is 11.8 Å². The Kier molecular flexibility index (Phi) is 2.93. The van der Waals surface area contributed by atoms with Crippen LogP contribution in [0.25, 0.3) is 0 Å². The highest BCUT2D eigenvalue weighted by Gasteiger charge is 2.31. The van der Waals surface area contributed by atoms with Gasteiger partial charge in [-0.05, 0) is 24.7 Å². The number of hydrogen-bond acceptors (Lipinski definition) is 2. The molecule has 1 aliphatic carbocycles. The van der Waals surface area contributed by atoms with Gasteiger partial charge in [0.25, 0.3) is 0 Å². The zero-order valence-corrected chi connectivity index (χ0v) is 8.28. The Labute approximate surface area is 82.2 Å². The molecule has 2 atom stereocenters. The lowest BCUT2D eigenvalue weighted by molar-refractivity contribution is -0.137. The second-order valence-corrected chi connectivity index (χ2v) is 3.95. The molecule has 0 aromatic carbocycles. The third-order valence-electron chi connectivity index (χ3n) is 2.61. The smallest absolute Gasteiger partial charge is 0.332 e. The summed E-state index contributed by atoms with van der Waals surface area (Å²) in [5, 5.41) is 17.8. The van der Waals surface area contributed by atoms with Gasteiger partial charge in [-0.2, -0.15) is 0 Å². The van der Waals surface area contributed by atoms with E-state index in [-0.39, 0.29) is 23.0 Å². The maximum atomic E-state index is 10.9. The van der Waals surface area contributed by atoms with Gasteiger partial charge in [0.15, 0.2) is 0 Å². The van der Waals surface area contributed by atoms with Gasteiger partial charge < -0.3 is 10.2 Å². The average molecular weight is 198 g/mol. The highest BCUT2D eigenvalue weighted by atomic mass is 16.4. The van der Waals surface area contributed by atoms with Crippen LogP contribution in [-0.4, -0.2) is 22.2 Å². The summed E-state index contributed by atoms with van der Waals surface area (Å²) in [6, 6.07) is 0. The third kappa shape index (κ3) is 1.95. The first-order valence-corrected chi connectivity index (χ1v) is 4.63. The van der Waals surface area contributed by atoms with E-state index in [0.717, 1.165) is 6.42 Å². The number of rotatable bonds is 2. The van der Waals surface area contributed by atoms with Gasteiger partial charge in [-0.3, -0.25) is 0 Å². The van der Waals surface area contributed by atoms with Crippen LogP contribution in [0.4, 0.5) is 0 Å². The Morgan fingerprint density at radius 3 is 2.21 bits per heavy atom. The van der Waals surface area contributed by atoms with Crippen molar-refractivity contribution in [3.8, 4) is 0 Å². The van der Waals surface area contributed by atoms with Crippen molar-refractivity contribution in [2.75, 3.05) is 0 Å². The molecule has 0 heterocycles. The molecular weight excluding hydrogens is 184 g/mol. The average Bonchev–Trinajstić information content (AvgIpc) is 2.01. The molecule has 0 spiro atoms. The topological polar surface area (TPSA) is 74.6 Å². The van der Waals surface area contributed by atoms with Crippen LogP contribution in [0.3, 0.4) is 0 Å². The van der Waals surface area contributed by atoms with Crippen molar-refractivity contribution >= 4 is 11.9 Å². The number of carboxylic acid groups (broad SMARTS) is 2. The van der Waals surface area contributed by atoms with Crippen molar-refractivity contribution in [1.29, 1.82) is 0 Å². The SMILES string of the molecule is C[C@H]1CC(C(=O)O)=C(C(=O)O)[C@H](C)C1. The molecule has 4 heteroatoms. The van der Waals surface area contributed by atoms with E-state index in [1.165, 1.54) is 0 Å². The summed E-state index contributed by atoms with van der Waals surface area (Å²) in [6.07, 6.45) is 1.11. The van der Waals surface area contributed by atoms with Crippen LogP contribution in [0.15, 0.2) is 11.1 Å². The van der Waals surface area contributed by atoms with Crippen LogP contribution >= 0.6 is 0 Å². The Hall–Kier alpha value is -1.32. The lowest BCUT2D eigenvalue weighted by Crippen LogP contribution is -2.24. The highest BCUT2D eigenvalue weighted by Crippen LogP contribution is 2.33. The van der Waals surface area contributed by atoms with E-state index >= 15 is 0 Å². The van der Waals surface area contributed by atoms with E-state index < -0.39 is 11.9 Å². The number of carbonyl (C=O) groups is 2. The summed E-state index contributed by atoms with van der Waals surface area (Å²) < 4.78 is 0. The summed E-state index contributed by atoms with van der Waals surface area (Å²) in [6.45, 7) is 3.71. The zero-order valence-electron chi connectivity index (χ0n) is 8.28. The van der Waals surface area contributed by atoms with E-state index in [9.17, 15) is 9.59 Å². The second kappa shape index (κ2) is 3.82. The van der Waals surface area contributed by atoms with Crippen molar-refractivity contribution in [1.82, 2.24) is 0 Å². The standard InChI is InChI=1S/C10H14O4/c1-5-3-6(2)8(10(13)14)7(4-5)9(11)12/h5-6H,3-4H2,1-2H3,(H,11,12)(H,13,14)/t5-,6-/m1/s1. The van der Waals surface area contributed by atoms with Gasteiger partial charge in [-0.15, -0.1) is 0 Å². The van der Waals surface area contributed by atoms with Gasteiger partial charge in [0.2, 0.25) is 0 Å². The molecule has 0 saturated carbocycles. The fourth-order valence-electron chi connectivity index (χ4n) is 2.10. The van der Waals surface area contributed by atoms with Crippen molar-refractivity contribution < 1.29 is 19.8 Å². The van der Waals surface area contributed by atoms with Gasteiger partial charge in [-0.1, -0.05) is 13.8 Å². The van der Waals surface area contributed by atoms with Crippen LogP contribution in [-0.2, 0) is 9.59 Å². The first-order valence-electron chi connectivity index (χ1n) is 4.63. The molecule has 0 bridgehead atoms. The van der Waals surface area contributed by atoms with Gasteiger partial charge in [0.05, 0.1) is 5.57 Å². The van der Waals surface area contributed by atoms with E-state index in [0.29, 0.717) is 6.42 Å². The van der Waals surface area contributed by atoms with E-state index in [2.05, 4.69) is 0 Å². The molecule has 0 unspecified atom stereocenters. The molecular formula is C10H14O4. The van der Waals surface area contributed by atoms with Crippen LogP contribution in [0.1, 0.15) is 26.7 Å². The molecule has 0 aromatic rings. The van der Waals surface area contributed by atoms with Crippen LogP contribution in [0.5, 0.6) is 0 Å². The largest absolute Gasteiger partial charge is 0.478 e. The first-order chi connectivity index (χ1) is 6.43. The Bertz CT molecular complexity index is 303. The summed E-state index contributed by atoms with van der Waals surface area (Å²) in [5.41, 5.74) is 0.152. The number of aliphatic carboxylic acids is 2. The van der Waals surface area contributed by atoms with Crippen molar-refractivity contribution in [3.05, 3.63) is 11.1 Å². The Morgan fingerprint density at radius 2 is 1.79 bits per heavy atom. The Balaban J connectivity index is 3.15. The normalized spacial score (nSPS) is 27.6. The lowest BCUT2D eigenvalue weighted by atomic mass is 9.78. The van der Waals surface area contributed by atoms with Gasteiger partial charge >= 0.3 is 11.9 Å². The summed E-state index contributed by atoms with van der Waals surface area (Å²) in [4.78, 5) is 21.7. The molecule has 0 aromatic heterocycles. The maximum Gasteiger partial charge on any atom is 0.332 e. The summed E-state index contributed by atoms with van der Waals surface area (Å²) in [7, 11) is 0. The van der Waals surface area contributed by atoms with E-state index in [1.54, 1.807) is 6.92 Å². The minimum absolute atomic E-state index is 0.0729. The van der Waals surface area contributed by atoms with Crippen molar-refractivity contribution in [2.45, 2.75) is 26.7 Å². The predicted molar refractivity (Wildman–Crippen MR) is 49.9 cm³/mol. The fourth-order valence-corrected chi connectivity index (χ4v) is 2.10. The van der Waals surface area contributed by atoms with Crippen LogP contribution in [0, 0.1) is 11.8 Å². The Morgan fingerprint density at radius 1 is 1.21 bits per heavy atom. The molecule has 1 aliphatic rings. The first kappa shape index (κ1) is 10.8. The third-order valence-corrected chi connectivity index (χ3v) is 2.61. The van der Waals surface area contributed by atoms with Gasteiger partial charge in [0, 0.05) is 5.57 Å². The van der Waals surface area contributed by atoms with Gasteiger partial charge in [-0.25, -0.2) is 9.59 Å². The quantitative estimate of drug-likeness (QED) is 0.705. The maximum absolute atomic E-state index is 10.9. The lowest BCUT2D eigenvalue weighted by Gasteiger charge is -2.25. The minimum Gasteiger partial charge on any atom is -0.478 e. The van der Waals surface area contributed by atoms with E-state index in [4.69, 9.17) is 10.2 Å². The molecule has 14 heavy (non-hydrogen) atoms. The van der Waals surface area contributed by atoms with Crippen LogP contribution in [0.2, 0.25) is 0 Å². The molecule has 2 N–H and O–H groups in total. The molecule has 0 amide bonds. The second-order valence-electron chi connectivity index (χ2n) is 3.95. The number of carboxylic acids is 2. The van der Waals surface area contributed by atoms with Crippen molar-refractivity contribution in [3.63, 3.8) is 0 Å². The predicted octanol–water partition coefficient (Wildman–Crippen LogP) is 1.52. The summed E-state index contributed by atoms with van der Waals surface area (Å²) in [5.74, 6) is -2.11. The molecule has 1 rings (SSSR count). The monoisotopic (exact) mass is 198 g/mol. The zero-order chi connectivity index (χ0) is 10.9. The highest BCUT2D eigenvalue weighted by molar-refractivity contribution is 5.99. The molecule has 0 saturated heterocycles. The van der Waals surface area contributed by atoms with Crippen LogP contribution < -0.4 is 0 Å². The fraction of sp³-hybridized carbons (Fsp3) is 0.600. The van der Waals surface area contributed by atoms with Gasteiger partial charge in [0.1, 0.15) is 0 Å². The van der Waals surface area contributed by atoms with E-state index in [1.807, 2.05) is 6.92 Å². The molecule has 0 radical (unpaired) electrons.